The number of nitrogens with zero attached hydrogens (tertiary/aromatic N) is 2. The monoisotopic (exact) mass is 384 g/mol. The third-order valence-electron chi connectivity index (χ3n) is 5.16. The van der Waals surface area contributed by atoms with Crippen LogP contribution in [0.5, 0.6) is 5.75 Å². The Kier molecular flexibility index (Phi) is 4.91. The molecule has 6 heteroatoms. The highest BCUT2D eigenvalue weighted by molar-refractivity contribution is 6.33. The van der Waals surface area contributed by atoms with Crippen LogP contribution in [0.1, 0.15) is 5.56 Å². The number of hydrogen-bond donors (Lipinski definition) is 1. The first-order valence-electron chi connectivity index (χ1n) is 8.97. The Labute approximate surface area is 162 Å². The van der Waals surface area contributed by atoms with Gasteiger partial charge < -0.3 is 14.4 Å². The van der Waals surface area contributed by atoms with Gasteiger partial charge in [-0.2, -0.15) is 0 Å². The Morgan fingerprint density at radius 2 is 1.81 bits per heavy atom. The summed E-state index contributed by atoms with van der Waals surface area (Å²) in [7, 11) is 2.10. The molecule has 0 atom stereocenters. The molecule has 0 aliphatic carbocycles. The molecule has 1 aromatic heterocycles. The van der Waals surface area contributed by atoms with Crippen molar-refractivity contribution in [1.29, 1.82) is 0 Å². The maximum absolute atomic E-state index is 13.1. The van der Waals surface area contributed by atoms with Crippen LogP contribution in [0.3, 0.4) is 0 Å². The molecule has 1 aliphatic rings. The van der Waals surface area contributed by atoms with E-state index in [2.05, 4.69) is 16.8 Å². The Morgan fingerprint density at radius 1 is 1.07 bits per heavy atom. The predicted molar refractivity (Wildman–Crippen MR) is 107 cm³/mol. The third kappa shape index (κ3) is 3.46. The lowest BCUT2D eigenvalue weighted by Gasteiger charge is -2.32. The number of phenols is 1. The van der Waals surface area contributed by atoms with E-state index in [-0.39, 0.29) is 11.2 Å². The molecule has 1 N–H and O–H groups in total. The van der Waals surface area contributed by atoms with E-state index in [0.29, 0.717) is 39.2 Å². The molecule has 2 heterocycles. The zero-order chi connectivity index (χ0) is 19.0. The SMILES string of the molecule is CN1CCN(Cc2c(O)ccc3c(=O)c(-c4ccccc4Cl)coc23)CC1. The van der Waals surface area contributed by atoms with Gasteiger partial charge in [0.2, 0.25) is 5.43 Å². The van der Waals surface area contributed by atoms with Crippen LogP contribution in [-0.4, -0.2) is 48.1 Å². The van der Waals surface area contributed by atoms with Crippen molar-refractivity contribution in [2.45, 2.75) is 6.54 Å². The Hall–Kier alpha value is -2.34. The average Bonchev–Trinajstić information content (AvgIpc) is 2.67. The minimum absolute atomic E-state index is 0.148. The van der Waals surface area contributed by atoms with Crippen molar-refractivity contribution in [3.8, 4) is 16.9 Å². The van der Waals surface area contributed by atoms with Crippen molar-refractivity contribution in [3.63, 3.8) is 0 Å². The van der Waals surface area contributed by atoms with Crippen LogP contribution in [0.15, 0.2) is 51.9 Å². The van der Waals surface area contributed by atoms with E-state index in [4.69, 9.17) is 16.0 Å². The summed E-state index contributed by atoms with van der Waals surface area (Å²) in [6.45, 7) is 4.33. The first-order chi connectivity index (χ1) is 13.0. The molecule has 0 bridgehead atoms. The lowest BCUT2D eigenvalue weighted by molar-refractivity contribution is 0.147. The van der Waals surface area contributed by atoms with Crippen molar-refractivity contribution in [3.05, 3.63) is 63.5 Å². The Balaban J connectivity index is 1.78. The smallest absolute Gasteiger partial charge is 0.200 e. The summed E-state index contributed by atoms with van der Waals surface area (Å²) >= 11 is 6.25. The van der Waals surface area contributed by atoms with E-state index in [0.717, 1.165) is 26.2 Å². The number of benzene rings is 2. The second-order valence-corrected chi connectivity index (χ2v) is 7.38. The number of phenolic OH excluding ortho intramolecular Hbond substituents is 1. The molecule has 0 unspecified atom stereocenters. The van der Waals surface area contributed by atoms with Crippen molar-refractivity contribution in [2.75, 3.05) is 33.2 Å². The van der Waals surface area contributed by atoms with E-state index in [1.54, 1.807) is 24.3 Å². The topological polar surface area (TPSA) is 56.9 Å². The third-order valence-corrected chi connectivity index (χ3v) is 5.49. The van der Waals surface area contributed by atoms with Crippen LogP contribution in [0, 0.1) is 0 Å². The number of likely N-dealkylation sites (N-methyl/N-ethyl adjacent to an activating group) is 1. The molecule has 140 valence electrons. The molecule has 1 aliphatic heterocycles. The molecule has 3 aromatic rings. The van der Waals surface area contributed by atoms with Crippen LogP contribution in [0.2, 0.25) is 5.02 Å². The van der Waals surface area contributed by atoms with Crippen molar-refractivity contribution in [2.24, 2.45) is 0 Å². The molecule has 2 aromatic carbocycles. The standard InChI is InChI=1S/C21H21ClN2O3/c1-23-8-10-24(11-9-23)12-16-19(25)7-6-15-20(26)17(13-27-21(15)16)14-4-2-3-5-18(14)22/h2-7,13,25H,8-12H2,1H3. The lowest BCUT2D eigenvalue weighted by Crippen LogP contribution is -2.43. The summed E-state index contributed by atoms with van der Waals surface area (Å²) in [5.41, 5.74) is 2.01. The zero-order valence-corrected chi connectivity index (χ0v) is 15.9. The minimum atomic E-state index is -0.149. The van der Waals surface area contributed by atoms with Crippen LogP contribution < -0.4 is 5.43 Å². The number of aromatic hydroxyl groups is 1. The highest BCUT2D eigenvalue weighted by atomic mass is 35.5. The van der Waals surface area contributed by atoms with Crippen LogP contribution >= 0.6 is 11.6 Å². The largest absolute Gasteiger partial charge is 0.507 e. The number of piperazine rings is 1. The summed E-state index contributed by atoms with van der Waals surface area (Å²) in [5.74, 6) is 0.148. The first-order valence-corrected chi connectivity index (χ1v) is 9.34. The van der Waals surface area contributed by atoms with E-state index < -0.39 is 0 Å². The fourth-order valence-electron chi connectivity index (χ4n) is 3.50. The first kappa shape index (κ1) is 18.0. The van der Waals surface area contributed by atoms with Gasteiger partial charge in [-0.25, -0.2) is 0 Å². The summed E-state index contributed by atoms with van der Waals surface area (Å²) in [6, 6.07) is 10.4. The second-order valence-electron chi connectivity index (χ2n) is 6.98. The molecule has 0 radical (unpaired) electrons. The number of rotatable bonds is 3. The fourth-order valence-corrected chi connectivity index (χ4v) is 3.73. The summed E-state index contributed by atoms with van der Waals surface area (Å²) < 4.78 is 5.85. The van der Waals surface area contributed by atoms with Gasteiger partial charge in [-0.05, 0) is 25.2 Å². The highest BCUT2D eigenvalue weighted by Gasteiger charge is 2.20. The fraction of sp³-hybridized carbons (Fsp3) is 0.286. The molecule has 0 saturated carbocycles. The van der Waals surface area contributed by atoms with Gasteiger partial charge in [0.05, 0.1) is 16.5 Å². The molecule has 5 nitrogen and oxygen atoms in total. The molecular formula is C21H21ClN2O3. The molecule has 4 rings (SSSR count). The van der Waals surface area contributed by atoms with Crippen molar-refractivity contribution < 1.29 is 9.52 Å². The zero-order valence-electron chi connectivity index (χ0n) is 15.1. The highest BCUT2D eigenvalue weighted by Crippen LogP contribution is 2.31. The van der Waals surface area contributed by atoms with Crippen LogP contribution in [-0.2, 0) is 6.54 Å². The van der Waals surface area contributed by atoms with Gasteiger partial charge in [-0.3, -0.25) is 9.69 Å². The van der Waals surface area contributed by atoms with E-state index >= 15 is 0 Å². The summed E-state index contributed by atoms with van der Waals surface area (Å²) in [5, 5.41) is 11.3. The normalized spacial score (nSPS) is 16.1. The van der Waals surface area contributed by atoms with Gasteiger partial charge in [0, 0.05) is 43.3 Å². The van der Waals surface area contributed by atoms with E-state index in [9.17, 15) is 9.90 Å². The van der Waals surface area contributed by atoms with Gasteiger partial charge in [0.1, 0.15) is 17.6 Å². The molecular weight excluding hydrogens is 364 g/mol. The van der Waals surface area contributed by atoms with Gasteiger partial charge >= 0.3 is 0 Å². The van der Waals surface area contributed by atoms with Gasteiger partial charge in [0.25, 0.3) is 0 Å². The lowest BCUT2D eigenvalue weighted by atomic mass is 10.0. The summed E-state index contributed by atoms with van der Waals surface area (Å²) in [6.07, 6.45) is 1.44. The molecule has 0 spiro atoms. The molecule has 27 heavy (non-hydrogen) atoms. The van der Waals surface area contributed by atoms with Gasteiger partial charge in [0.15, 0.2) is 0 Å². The maximum Gasteiger partial charge on any atom is 0.200 e. The van der Waals surface area contributed by atoms with Crippen molar-refractivity contribution >= 4 is 22.6 Å². The average molecular weight is 385 g/mol. The Bertz CT molecular complexity index is 1040. The summed E-state index contributed by atoms with van der Waals surface area (Å²) in [4.78, 5) is 17.6. The van der Waals surface area contributed by atoms with Crippen LogP contribution in [0.4, 0.5) is 0 Å². The minimum Gasteiger partial charge on any atom is -0.507 e. The van der Waals surface area contributed by atoms with Crippen molar-refractivity contribution in [1.82, 2.24) is 9.80 Å². The molecule has 1 saturated heterocycles. The quantitative estimate of drug-likeness (QED) is 0.748. The van der Waals surface area contributed by atoms with Gasteiger partial charge in [-0.1, -0.05) is 29.8 Å². The number of fused-ring (bicyclic) bond motifs is 1. The second kappa shape index (κ2) is 7.35. The predicted octanol–water partition coefficient (Wildman–Crippen LogP) is 3.57. The number of halogens is 1. The van der Waals surface area contributed by atoms with E-state index in [1.165, 1.54) is 6.26 Å². The van der Waals surface area contributed by atoms with Gasteiger partial charge in [-0.15, -0.1) is 0 Å². The number of hydrogen-bond acceptors (Lipinski definition) is 5. The molecule has 1 fully saturated rings. The van der Waals surface area contributed by atoms with Crippen LogP contribution in [0.25, 0.3) is 22.1 Å². The molecule has 0 amide bonds. The Morgan fingerprint density at radius 3 is 2.56 bits per heavy atom. The van der Waals surface area contributed by atoms with E-state index in [1.807, 2.05) is 12.1 Å². The maximum atomic E-state index is 13.1.